The van der Waals surface area contributed by atoms with Crippen molar-refractivity contribution >= 4 is 23.6 Å². The van der Waals surface area contributed by atoms with Gasteiger partial charge in [0.1, 0.15) is 0 Å². The van der Waals surface area contributed by atoms with E-state index in [-0.39, 0.29) is 17.8 Å². The number of rotatable bonds is 2. The number of ether oxygens (including phenoxy) is 1. The van der Waals surface area contributed by atoms with Crippen molar-refractivity contribution in [1.29, 1.82) is 0 Å². The van der Waals surface area contributed by atoms with Crippen molar-refractivity contribution in [3.8, 4) is 0 Å². The maximum absolute atomic E-state index is 11.2. The molecule has 16 heavy (non-hydrogen) atoms. The third-order valence-corrected chi connectivity index (χ3v) is 4.51. The number of aliphatic carboxylic acids is 1. The Balaban J connectivity index is 2.14. The molecular formula is C10H15NO4S. The largest absolute Gasteiger partial charge is 0.478 e. The minimum atomic E-state index is -1.53. The van der Waals surface area contributed by atoms with Crippen molar-refractivity contribution in [3.05, 3.63) is 0 Å². The lowest BCUT2D eigenvalue weighted by atomic mass is 10.2. The minimum absolute atomic E-state index is 0.0401. The number of hydrogen-bond donors (Lipinski definition) is 2. The molecule has 0 aromatic heterocycles. The molecule has 0 aromatic carbocycles. The molecule has 1 aliphatic heterocycles. The second-order valence-electron chi connectivity index (χ2n) is 4.25. The number of carbonyl (C=O) groups is 2. The van der Waals surface area contributed by atoms with Gasteiger partial charge in [-0.1, -0.05) is 0 Å². The maximum Gasteiger partial charge on any atom is 0.358 e. The van der Waals surface area contributed by atoms with E-state index in [1.165, 1.54) is 6.92 Å². The lowest BCUT2D eigenvalue weighted by molar-refractivity contribution is -0.179. The van der Waals surface area contributed by atoms with E-state index in [0.717, 1.165) is 19.3 Å². The van der Waals surface area contributed by atoms with Crippen molar-refractivity contribution in [1.82, 2.24) is 5.32 Å². The van der Waals surface area contributed by atoms with Crippen LogP contribution in [0.15, 0.2) is 0 Å². The first-order valence-electron chi connectivity index (χ1n) is 5.35. The van der Waals surface area contributed by atoms with E-state index >= 15 is 0 Å². The molecule has 0 aromatic rings. The van der Waals surface area contributed by atoms with Gasteiger partial charge in [-0.05, 0) is 19.3 Å². The van der Waals surface area contributed by atoms with Crippen LogP contribution >= 0.6 is 11.8 Å². The summed E-state index contributed by atoms with van der Waals surface area (Å²) in [7, 11) is 0. The average molecular weight is 245 g/mol. The number of nitrogens with one attached hydrogen (secondary N) is 1. The number of hydrogen-bond acceptors (Lipinski definition) is 4. The first kappa shape index (κ1) is 11.7. The number of carboxylic acid groups (broad SMARTS) is 1. The molecule has 0 spiro atoms. The monoisotopic (exact) mass is 245 g/mol. The Bertz CT molecular complexity index is 322. The van der Waals surface area contributed by atoms with Crippen molar-refractivity contribution in [2.75, 3.05) is 5.75 Å². The topological polar surface area (TPSA) is 75.6 Å². The molecule has 2 rings (SSSR count). The van der Waals surface area contributed by atoms with E-state index in [1.807, 2.05) is 0 Å². The summed E-state index contributed by atoms with van der Waals surface area (Å²) in [6.45, 7) is 1.31. The molecule has 0 radical (unpaired) electrons. The van der Waals surface area contributed by atoms with Gasteiger partial charge in [0.25, 0.3) is 0 Å². The smallest absolute Gasteiger partial charge is 0.358 e. The van der Waals surface area contributed by atoms with Crippen LogP contribution in [0.25, 0.3) is 0 Å². The molecule has 1 heterocycles. The van der Waals surface area contributed by atoms with Gasteiger partial charge in [0.05, 0.1) is 11.9 Å². The van der Waals surface area contributed by atoms with Gasteiger partial charge in [0.15, 0.2) is 0 Å². The van der Waals surface area contributed by atoms with Crippen LogP contribution in [0.1, 0.15) is 26.2 Å². The van der Waals surface area contributed by atoms with E-state index < -0.39 is 11.7 Å². The van der Waals surface area contributed by atoms with Gasteiger partial charge in [0, 0.05) is 12.2 Å². The zero-order valence-electron chi connectivity index (χ0n) is 9.06. The highest BCUT2D eigenvalue weighted by molar-refractivity contribution is 8.00. The Kier molecular flexibility index (Phi) is 3.12. The SMILES string of the molecule is CC(=O)N[C@]1(C(=O)O)CS[C@@H]2CCC[C@H]2O1. The fraction of sp³-hybridized carbons (Fsp3) is 0.800. The molecule has 1 amide bonds. The lowest BCUT2D eigenvalue weighted by Crippen LogP contribution is -2.62. The summed E-state index contributed by atoms with van der Waals surface area (Å²) in [5.41, 5.74) is -1.53. The van der Waals surface area contributed by atoms with Gasteiger partial charge in [-0.2, -0.15) is 11.8 Å². The predicted octanol–water partition coefficient (Wildman–Crippen LogP) is 0.588. The summed E-state index contributed by atoms with van der Waals surface area (Å²) < 4.78 is 5.62. The van der Waals surface area contributed by atoms with Crippen molar-refractivity contribution in [3.63, 3.8) is 0 Å². The fourth-order valence-electron chi connectivity index (χ4n) is 2.25. The van der Waals surface area contributed by atoms with Crippen LogP contribution in [-0.2, 0) is 14.3 Å². The molecule has 6 heteroatoms. The fourth-order valence-corrected chi connectivity index (χ4v) is 3.70. The molecule has 90 valence electrons. The van der Waals surface area contributed by atoms with Crippen LogP contribution in [0.4, 0.5) is 0 Å². The molecule has 1 aliphatic carbocycles. The Morgan fingerprint density at radius 2 is 2.25 bits per heavy atom. The van der Waals surface area contributed by atoms with Crippen LogP contribution in [0.3, 0.4) is 0 Å². The standard InChI is InChI=1S/C10H15NO4S/c1-6(12)11-10(9(13)14)5-16-8-4-2-3-7(8)15-10/h7-8H,2-5H2,1H3,(H,11,12)(H,13,14)/t7-,8-,10-/m1/s1. The van der Waals surface area contributed by atoms with Gasteiger partial charge in [-0.3, -0.25) is 4.79 Å². The van der Waals surface area contributed by atoms with Gasteiger partial charge >= 0.3 is 5.97 Å². The van der Waals surface area contributed by atoms with E-state index in [1.54, 1.807) is 11.8 Å². The highest BCUT2D eigenvalue weighted by atomic mass is 32.2. The van der Waals surface area contributed by atoms with Crippen LogP contribution in [0, 0.1) is 0 Å². The number of carboxylic acids is 1. The normalized spacial score (nSPS) is 37.8. The molecule has 2 fully saturated rings. The zero-order chi connectivity index (χ0) is 11.8. The summed E-state index contributed by atoms with van der Waals surface area (Å²) in [5, 5.41) is 12.0. The molecule has 0 unspecified atom stereocenters. The molecule has 1 saturated heterocycles. The Hall–Kier alpha value is -0.750. The molecule has 3 atom stereocenters. The molecule has 2 aliphatic rings. The summed E-state index contributed by atoms with van der Waals surface area (Å²) in [5.74, 6) is -1.21. The third kappa shape index (κ3) is 2.04. The summed E-state index contributed by atoms with van der Waals surface area (Å²) in [6.07, 6.45) is 2.98. The Morgan fingerprint density at radius 1 is 1.50 bits per heavy atom. The maximum atomic E-state index is 11.2. The second kappa shape index (κ2) is 4.25. The Morgan fingerprint density at radius 3 is 2.88 bits per heavy atom. The molecule has 1 saturated carbocycles. The minimum Gasteiger partial charge on any atom is -0.478 e. The van der Waals surface area contributed by atoms with E-state index in [9.17, 15) is 14.7 Å². The van der Waals surface area contributed by atoms with E-state index in [0.29, 0.717) is 5.25 Å². The van der Waals surface area contributed by atoms with Gasteiger partial charge in [0.2, 0.25) is 11.6 Å². The van der Waals surface area contributed by atoms with Gasteiger partial charge < -0.3 is 15.2 Å². The van der Waals surface area contributed by atoms with Crippen molar-refractivity contribution < 1.29 is 19.4 Å². The Labute approximate surface area is 97.9 Å². The first-order chi connectivity index (χ1) is 7.53. The average Bonchev–Trinajstić information content (AvgIpc) is 2.63. The van der Waals surface area contributed by atoms with Crippen LogP contribution in [0.5, 0.6) is 0 Å². The predicted molar refractivity (Wildman–Crippen MR) is 59.2 cm³/mol. The number of amides is 1. The zero-order valence-corrected chi connectivity index (χ0v) is 9.88. The summed E-state index contributed by atoms with van der Waals surface area (Å²) in [6, 6.07) is 0. The lowest BCUT2D eigenvalue weighted by Gasteiger charge is -2.39. The van der Waals surface area contributed by atoms with Crippen LogP contribution in [0.2, 0.25) is 0 Å². The second-order valence-corrected chi connectivity index (χ2v) is 5.48. The van der Waals surface area contributed by atoms with E-state index in [2.05, 4.69) is 5.32 Å². The first-order valence-corrected chi connectivity index (χ1v) is 6.40. The quantitative estimate of drug-likeness (QED) is 0.744. The highest BCUT2D eigenvalue weighted by Gasteiger charge is 2.50. The molecule has 5 nitrogen and oxygen atoms in total. The highest BCUT2D eigenvalue weighted by Crippen LogP contribution is 2.40. The van der Waals surface area contributed by atoms with Gasteiger partial charge in [-0.15, -0.1) is 0 Å². The van der Waals surface area contributed by atoms with E-state index in [4.69, 9.17) is 4.74 Å². The van der Waals surface area contributed by atoms with Crippen LogP contribution in [-0.4, -0.2) is 39.8 Å². The van der Waals surface area contributed by atoms with Crippen LogP contribution < -0.4 is 5.32 Å². The summed E-state index contributed by atoms with van der Waals surface area (Å²) >= 11 is 1.59. The third-order valence-electron chi connectivity index (χ3n) is 2.97. The number of carbonyl (C=O) groups excluding carboxylic acids is 1. The van der Waals surface area contributed by atoms with Crippen molar-refractivity contribution in [2.45, 2.75) is 43.3 Å². The number of fused-ring (bicyclic) bond motifs is 1. The number of thioether (sulfide) groups is 1. The molecule has 0 bridgehead atoms. The molecule has 2 N–H and O–H groups in total. The summed E-state index contributed by atoms with van der Waals surface area (Å²) in [4.78, 5) is 22.3. The van der Waals surface area contributed by atoms with Crippen molar-refractivity contribution in [2.24, 2.45) is 0 Å². The van der Waals surface area contributed by atoms with Gasteiger partial charge in [-0.25, -0.2) is 4.79 Å². The molecular weight excluding hydrogens is 230 g/mol.